The van der Waals surface area contributed by atoms with Crippen LogP contribution in [0.25, 0.3) is 11.5 Å². The monoisotopic (exact) mass is 279 g/mol. The number of aromatic nitrogens is 2. The van der Waals surface area contributed by atoms with E-state index in [0.717, 1.165) is 0 Å². The molecule has 1 unspecified atom stereocenters. The summed E-state index contributed by atoms with van der Waals surface area (Å²) in [6.45, 7) is 3.47. The van der Waals surface area contributed by atoms with Crippen molar-refractivity contribution in [2.45, 2.75) is 20.0 Å². The molecule has 0 fully saturated rings. The summed E-state index contributed by atoms with van der Waals surface area (Å²) in [5.41, 5.74) is 0.140. The zero-order valence-electron chi connectivity index (χ0n) is 10.9. The van der Waals surface area contributed by atoms with Gasteiger partial charge in [-0.3, -0.25) is 10.1 Å². The molecule has 0 saturated carbocycles. The number of benzene rings is 1. The van der Waals surface area contributed by atoms with E-state index in [1.807, 2.05) is 0 Å². The summed E-state index contributed by atoms with van der Waals surface area (Å²) < 4.78 is 10.3. The van der Waals surface area contributed by atoms with Crippen LogP contribution in [0, 0.1) is 10.1 Å². The molecule has 1 heterocycles. The zero-order valence-corrected chi connectivity index (χ0v) is 10.9. The molecule has 0 radical (unpaired) electrons. The van der Waals surface area contributed by atoms with E-state index in [2.05, 4.69) is 10.1 Å². The van der Waals surface area contributed by atoms with Crippen LogP contribution in [-0.4, -0.2) is 26.8 Å². The lowest BCUT2D eigenvalue weighted by Crippen LogP contribution is -2.00. The second-order valence-electron chi connectivity index (χ2n) is 3.98. The molecule has 1 N–H and O–H groups in total. The van der Waals surface area contributed by atoms with E-state index < -0.39 is 11.0 Å². The van der Waals surface area contributed by atoms with E-state index in [-0.39, 0.29) is 29.8 Å². The van der Waals surface area contributed by atoms with Gasteiger partial charge in [-0.25, -0.2) is 0 Å². The molecule has 0 spiro atoms. The van der Waals surface area contributed by atoms with Crippen LogP contribution in [-0.2, 0) is 0 Å². The molecule has 1 aromatic carbocycles. The highest BCUT2D eigenvalue weighted by Gasteiger charge is 2.23. The van der Waals surface area contributed by atoms with Crippen LogP contribution in [0.4, 0.5) is 5.69 Å². The normalized spacial score (nSPS) is 12.2. The third-order valence-electron chi connectivity index (χ3n) is 2.53. The Kier molecular flexibility index (Phi) is 3.94. The van der Waals surface area contributed by atoms with Crippen molar-refractivity contribution in [2.75, 3.05) is 6.61 Å². The molecule has 20 heavy (non-hydrogen) atoms. The van der Waals surface area contributed by atoms with Crippen molar-refractivity contribution in [3.05, 3.63) is 34.1 Å². The maximum absolute atomic E-state index is 11.0. The molecule has 0 aliphatic rings. The molecule has 0 saturated heterocycles. The number of hydrogen-bond donors (Lipinski definition) is 1. The highest BCUT2D eigenvalue weighted by molar-refractivity contribution is 5.69. The molecule has 8 nitrogen and oxygen atoms in total. The van der Waals surface area contributed by atoms with E-state index in [1.165, 1.54) is 19.1 Å². The number of ether oxygens (including phenoxy) is 1. The number of nitrogens with zero attached hydrogens (tertiary/aromatic N) is 3. The summed E-state index contributed by atoms with van der Waals surface area (Å²) in [4.78, 5) is 14.5. The maximum Gasteiger partial charge on any atom is 0.311 e. The highest BCUT2D eigenvalue weighted by atomic mass is 16.6. The lowest BCUT2D eigenvalue weighted by molar-refractivity contribution is -0.385. The predicted octanol–water partition coefficient (Wildman–Crippen LogP) is 2.10. The molecule has 2 aromatic rings. The van der Waals surface area contributed by atoms with Gasteiger partial charge >= 0.3 is 5.69 Å². The number of aliphatic hydroxyl groups excluding tert-OH is 1. The van der Waals surface area contributed by atoms with Crippen molar-refractivity contribution in [1.82, 2.24) is 10.1 Å². The van der Waals surface area contributed by atoms with Gasteiger partial charge in [0.1, 0.15) is 6.10 Å². The first-order valence-corrected chi connectivity index (χ1v) is 5.96. The Balaban J connectivity index is 2.54. The summed E-state index contributed by atoms with van der Waals surface area (Å²) >= 11 is 0. The molecule has 8 heteroatoms. The number of hydrogen-bond acceptors (Lipinski definition) is 7. The van der Waals surface area contributed by atoms with Crippen LogP contribution in [0.5, 0.6) is 5.75 Å². The average molecular weight is 279 g/mol. The zero-order chi connectivity index (χ0) is 14.7. The van der Waals surface area contributed by atoms with Crippen LogP contribution in [0.3, 0.4) is 0 Å². The van der Waals surface area contributed by atoms with Crippen LogP contribution in [0.1, 0.15) is 25.8 Å². The summed E-state index contributed by atoms with van der Waals surface area (Å²) in [7, 11) is 0. The molecule has 2 rings (SSSR count). The number of nitro groups is 1. The van der Waals surface area contributed by atoms with Gasteiger partial charge in [0.15, 0.2) is 5.82 Å². The summed E-state index contributed by atoms with van der Waals surface area (Å²) in [6.07, 6.45) is -0.887. The smallest absolute Gasteiger partial charge is 0.311 e. The van der Waals surface area contributed by atoms with Gasteiger partial charge in [-0.1, -0.05) is 11.2 Å². The fraction of sp³-hybridized carbons (Fsp3) is 0.333. The van der Waals surface area contributed by atoms with Crippen molar-refractivity contribution in [2.24, 2.45) is 0 Å². The van der Waals surface area contributed by atoms with Crippen LogP contribution in [0.2, 0.25) is 0 Å². The molecule has 0 aliphatic carbocycles. The predicted molar refractivity (Wildman–Crippen MR) is 68.2 cm³/mol. The standard InChI is InChI=1S/C12H13N3O5/c1-3-19-10-8(5-4-6-9(10)15(17)18)12-13-11(7(2)16)14-20-12/h4-7,16H,3H2,1-2H3. The molecular formula is C12H13N3O5. The van der Waals surface area contributed by atoms with Crippen molar-refractivity contribution < 1.29 is 19.3 Å². The van der Waals surface area contributed by atoms with Crippen LogP contribution >= 0.6 is 0 Å². The summed E-state index contributed by atoms with van der Waals surface area (Å²) in [5, 5.41) is 24.0. The van der Waals surface area contributed by atoms with E-state index in [9.17, 15) is 15.2 Å². The van der Waals surface area contributed by atoms with E-state index in [0.29, 0.717) is 5.56 Å². The SMILES string of the molecule is CCOc1c(-c2nc(C(C)O)no2)cccc1[N+](=O)[O-]. The lowest BCUT2D eigenvalue weighted by Gasteiger charge is -2.07. The molecule has 1 aromatic heterocycles. The van der Waals surface area contributed by atoms with Crippen LogP contribution < -0.4 is 4.74 Å². The van der Waals surface area contributed by atoms with Gasteiger partial charge in [0, 0.05) is 6.07 Å². The Morgan fingerprint density at radius 3 is 2.85 bits per heavy atom. The van der Waals surface area contributed by atoms with Gasteiger partial charge in [-0.15, -0.1) is 0 Å². The Morgan fingerprint density at radius 2 is 2.30 bits per heavy atom. The van der Waals surface area contributed by atoms with Gasteiger partial charge in [0.25, 0.3) is 5.89 Å². The van der Waals surface area contributed by atoms with Crippen molar-refractivity contribution in [1.29, 1.82) is 0 Å². The first-order valence-electron chi connectivity index (χ1n) is 5.96. The van der Waals surface area contributed by atoms with Crippen molar-refractivity contribution in [3.8, 4) is 17.2 Å². The molecule has 106 valence electrons. The van der Waals surface area contributed by atoms with E-state index in [1.54, 1.807) is 13.0 Å². The van der Waals surface area contributed by atoms with Crippen LogP contribution in [0.15, 0.2) is 22.7 Å². The fourth-order valence-electron chi connectivity index (χ4n) is 1.65. The number of aliphatic hydroxyl groups is 1. The largest absolute Gasteiger partial charge is 0.487 e. The van der Waals surface area contributed by atoms with Gasteiger partial charge in [0.05, 0.1) is 17.1 Å². The first-order chi connectivity index (χ1) is 9.54. The quantitative estimate of drug-likeness (QED) is 0.658. The third-order valence-corrected chi connectivity index (χ3v) is 2.53. The van der Waals surface area contributed by atoms with Gasteiger partial charge in [-0.05, 0) is 19.9 Å². The minimum Gasteiger partial charge on any atom is -0.487 e. The topological polar surface area (TPSA) is 112 Å². The Labute approximate surface area is 114 Å². The Bertz CT molecular complexity index is 623. The van der Waals surface area contributed by atoms with Gasteiger partial charge < -0.3 is 14.4 Å². The van der Waals surface area contributed by atoms with Gasteiger partial charge in [-0.2, -0.15) is 4.98 Å². The van der Waals surface area contributed by atoms with Crippen molar-refractivity contribution in [3.63, 3.8) is 0 Å². The van der Waals surface area contributed by atoms with Crippen molar-refractivity contribution >= 4 is 5.69 Å². The second-order valence-corrected chi connectivity index (χ2v) is 3.98. The summed E-state index contributed by atoms with van der Waals surface area (Å²) in [6, 6.07) is 4.42. The third kappa shape index (κ3) is 2.59. The fourth-order valence-corrected chi connectivity index (χ4v) is 1.65. The molecular weight excluding hydrogens is 266 g/mol. The maximum atomic E-state index is 11.0. The molecule has 0 bridgehead atoms. The lowest BCUT2D eigenvalue weighted by atomic mass is 10.1. The number of nitro benzene ring substituents is 1. The number of rotatable bonds is 5. The Morgan fingerprint density at radius 1 is 1.55 bits per heavy atom. The number of para-hydroxylation sites is 1. The summed E-state index contributed by atoms with van der Waals surface area (Å²) in [5.74, 6) is 0.239. The highest BCUT2D eigenvalue weighted by Crippen LogP contribution is 2.37. The first kappa shape index (κ1) is 13.9. The minimum atomic E-state index is -0.887. The molecule has 1 atom stereocenters. The minimum absolute atomic E-state index is 0.0630. The van der Waals surface area contributed by atoms with Gasteiger partial charge in [0.2, 0.25) is 5.75 Å². The van der Waals surface area contributed by atoms with E-state index >= 15 is 0 Å². The second kappa shape index (κ2) is 5.66. The molecule has 0 aliphatic heterocycles. The Hall–Kier alpha value is -2.48. The average Bonchev–Trinajstić information content (AvgIpc) is 2.88. The molecule has 0 amide bonds. The van der Waals surface area contributed by atoms with E-state index in [4.69, 9.17) is 9.26 Å².